The largest absolute Gasteiger partial charge is 0.426 e. The summed E-state index contributed by atoms with van der Waals surface area (Å²) in [5, 5.41) is 2.74. The van der Waals surface area contributed by atoms with Gasteiger partial charge >= 0.3 is 0 Å². The second-order valence-corrected chi connectivity index (χ2v) is 5.27. The Morgan fingerprint density at radius 2 is 2.04 bits per heavy atom. The van der Waals surface area contributed by atoms with Crippen LogP contribution >= 0.6 is 0 Å². The Morgan fingerprint density at radius 1 is 1.22 bits per heavy atom. The number of ether oxygens (including phenoxy) is 1. The maximum Gasteiger partial charge on any atom is 0.290 e. The zero-order valence-corrected chi connectivity index (χ0v) is 12.7. The molecule has 0 spiro atoms. The van der Waals surface area contributed by atoms with Crippen molar-refractivity contribution in [2.24, 2.45) is 0 Å². The van der Waals surface area contributed by atoms with Gasteiger partial charge in [0.1, 0.15) is 5.75 Å². The topological polar surface area (TPSA) is 71.8 Å². The van der Waals surface area contributed by atoms with E-state index in [1.807, 2.05) is 18.2 Å². The zero-order valence-electron chi connectivity index (χ0n) is 12.7. The Hall–Kier alpha value is -2.76. The SMILES string of the molecule is O=C(NCCN1CCCC1=O)c1ccc(Oc2ccccc2)o1. The van der Waals surface area contributed by atoms with Gasteiger partial charge in [0, 0.05) is 32.1 Å². The quantitative estimate of drug-likeness (QED) is 0.889. The first-order valence-corrected chi connectivity index (χ1v) is 7.61. The number of para-hydroxylation sites is 1. The lowest BCUT2D eigenvalue weighted by Gasteiger charge is -2.15. The number of benzene rings is 1. The molecule has 0 saturated carbocycles. The van der Waals surface area contributed by atoms with Gasteiger partial charge in [-0.3, -0.25) is 9.59 Å². The number of furan rings is 1. The van der Waals surface area contributed by atoms with Gasteiger partial charge in [-0.05, 0) is 24.6 Å². The molecule has 23 heavy (non-hydrogen) atoms. The van der Waals surface area contributed by atoms with Crippen LogP contribution < -0.4 is 10.1 Å². The Balaban J connectivity index is 1.49. The number of carbonyl (C=O) groups is 2. The van der Waals surface area contributed by atoms with Crippen LogP contribution in [-0.4, -0.2) is 36.3 Å². The number of rotatable bonds is 6. The average Bonchev–Trinajstić information content (AvgIpc) is 3.18. The smallest absolute Gasteiger partial charge is 0.290 e. The number of nitrogens with one attached hydrogen (secondary N) is 1. The molecule has 2 amide bonds. The summed E-state index contributed by atoms with van der Waals surface area (Å²) in [6, 6.07) is 12.4. The Kier molecular flexibility index (Phi) is 4.61. The van der Waals surface area contributed by atoms with Crippen LogP contribution in [0.25, 0.3) is 0 Å². The third-order valence-corrected chi connectivity index (χ3v) is 3.61. The number of amides is 2. The van der Waals surface area contributed by atoms with Gasteiger partial charge < -0.3 is 19.4 Å². The molecule has 1 saturated heterocycles. The highest BCUT2D eigenvalue weighted by molar-refractivity contribution is 5.91. The molecule has 0 unspecified atom stereocenters. The first kappa shape index (κ1) is 15.1. The van der Waals surface area contributed by atoms with Crippen LogP contribution in [0.4, 0.5) is 0 Å². The molecular formula is C17H18N2O4. The summed E-state index contributed by atoms with van der Waals surface area (Å²) in [6.45, 7) is 1.70. The Bertz CT molecular complexity index is 681. The monoisotopic (exact) mass is 314 g/mol. The second kappa shape index (κ2) is 7.00. The molecule has 0 atom stereocenters. The summed E-state index contributed by atoms with van der Waals surface area (Å²) in [7, 11) is 0. The van der Waals surface area contributed by atoms with E-state index < -0.39 is 0 Å². The van der Waals surface area contributed by atoms with Gasteiger partial charge in [0.25, 0.3) is 11.9 Å². The normalized spacial score (nSPS) is 14.1. The van der Waals surface area contributed by atoms with Crippen molar-refractivity contribution in [1.29, 1.82) is 0 Å². The highest BCUT2D eigenvalue weighted by Crippen LogP contribution is 2.23. The van der Waals surface area contributed by atoms with E-state index in [-0.39, 0.29) is 23.5 Å². The summed E-state index contributed by atoms with van der Waals surface area (Å²) in [4.78, 5) is 25.2. The molecule has 3 rings (SSSR count). The minimum Gasteiger partial charge on any atom is -0.426 e. The lowest BCUT2D eigenvalue weighted by atomic mass is 10.3. The van der Waals surface area contributed by atoms with Crippen LogP contribution in [0.1, 0.15) is 23.4 Å². The minimum absolute atomic E-state index is 0.149. The van der Waals surface area contributed by atoms with Gasteiger partial charge in [-0.25, -0.2) is 0 Å². The standard InChI is InChI=1S/C17H18N2O4/c20-15-7-4-11-19(15)12-10-18-17(21)14-8-9-16(23-14)22-13-5-2-1-3-6-13/h1-3,5-6,8-9H,4,7,10-12H2,(H,18,21). The lowest BCUT2D eigenvalue weighted by molar-refractivity contribution is -0.127. The highest BCUT2D eigenvalue weighted by Gasteiger charge is 2.20. The molecular weight excluding hydrogens is 296 g/mol. The fraction of sp³-hybridized carbons (Fsp3) is 0.294. The van der Waals surface area contributed by atoms with Crippen molar-refractivity contribution in [3.05, 3.63) is 48.2 Å². The van der Waals surface area contributed by atoms with E-state index >= 15 is 0 Å². The van der Waals surface area contributed by atoms with Crippen molar-refractivity contribution in [2.75, 3.05) is 19.6 Å². The average molecular weight is 314 g/mol. The zero-order chi connectivity index (χ0) is 16.1. The van der Waals surface area contributed by atoms with Crippen molar-refractivity contribution >= 4 is 11.8 Å². The van der Waals surface area contributed by atoms with E-state index in [4.69, 9.17) is 9.15 Å². The third-order valence-electron chi connectivity index (χ3n) is 3.61. The van der Waals surface area contributed by atoms with Crippen molar-refractivity contribution in [2.45, 2.75) is 12.8 Å². The van der Waals surface area contributed by atoms with Crippen molar-refractivity contribution in [1.82, 2.24) is 10.2 Å². The number of nitrogens with zero attached hydrogens (tertiary/aromatic N) is 1. The molecule has 120 valence electrons. The first-order valence-electron chi connectivity index (χ1n) is 7.61. The highest BCUT2D eigenvalue weighted by atomic mass is 16.6. The molecule has 1 aliphatic rings. The van der Waals surface area contributed by atoms with Crippen LogP contribution in [0, 0.1) is 0 Å². The van der Waals surface area contributed by atoms with Gasteiger partial charge in [0.2, 0.25) is 5.91 Å². The summed E-state index contributed by atoms with van der Waals surface area (Å²) in [5.41, 5.74) is 0. The molecule has 0 radical (unpaired) electrons. The maximum atomic E-state index is 12.0. The first-order chi connectivity index (χ1) is 11.2. The van der Waals surface area contributed by atoms with Crippen molar-refractivity contribution in [3.63, 3.8) is 0 Å². The maximum absolute atomic E-state index is 12.0. The van der Waals surface area contributed by atoms with Gasteiger partial charge in [-0.1, -0.05) is 18.2 Å². The number of carbonyl (C=O) groups excluding carboxylic acids is 2. The summed E-state index contributed by atoms with van der Waals surface area (Å²) < 4.78 is 10.9. The van der Waals surface area contributed by atoms with Crippen LogP contribution in [0.2, 0.25) is 0 Å². The molecule has 0 aliphatic carbocycles. The van der Waals surface area contributed by atoms with E-state index in [1.165, 1.54) is 0 Å². The van der Waals surface area contributed by atoms with E-state index in [2.05, 4.69) is 5.32 Å². The summed E-state index contributed by atoms with van der Waals surface area (Å²) in [6.07, 6.45) is 1.50. The molecule has 6 nitrogen and oxygen atoms in total. The van der Waals surface area contributed by atoms with Crippen LogP contribution in [-0.2, 0) is 4.79 Å². The third kappa shape index (κ3) is 3.91. The summed E-state index contributed by atoms with van der Waals surface area (Å²) >= 11 is 0. The van der Waals surface area contributed by atoms with Crippen molar-refractivity contribution in [3.8, 4) is 11.7 Å². The molecule has 1 aliphatic heterocycles. The van der Waals surface area contributed by atoms with E-state index in [1.54, 1.807) is 29.2 Å². The fourth-order valence-corrected chi connectivity index (χ4v) is 2.43. The Labute approximate surface area is 134 Å². The predicted octanol–water partition coefficient (Wildman–Crippen LogP) is 2.42. The molecule has 0 bridgehead atoms. The van der Waals surface area contributed by atoms with Gasteiger partial charge in [0.05, 0.1) is 0 Å². The molecule has 1 N–H and O–H groups in total. The number of hydrogen-bond donors (Lipinski definition) is 1. The molecule has 1 aromatic carbocycles. The summed E-state index contributed by atoms with van der Waals surface area (Å²) in [5.74, 6) is 0.913. The lowest BCUT2D eigenvalue weighted by Crippen LogP contribution is -2.35. The molecule has 1 fully saturated rings. The molecule has 1 aromatic heterocycles. The Morgan fingerprint density at radius 3 is 2.78 bits per heavy atom. The van der Waals surface area contributed by atoms with E-state index in [0.29, 0.717) is 25.3 Å². The van der Waals surface area contributed by atoms with Gasteiger partial charge in [-0.2, -0.15) is 0 Å². The van der Waals surface area contributed by atoms with Crippen molar-refractivity contribution < 1.29 is 18.7 Å². The fourth-order valence-electron chi connectivity index (χ4n) is 2.43. The number of hydrogen-bond acceptors (Lipinski definition) is 4. The van der Waals surface area contributed by atoms with E-state index in [9.17, 15) is 9.59 Å². The van der Waals surface area contributed by atoms with Crippen LogP contribution in [0.3, 0.4) is 0 Å². The van der Waals surface area contributed by atoms with Crippen LogP contribution in [0.15, 0.2) is 46.9 Å². The van der Waals surface area contributed by atoms with Crippen LogP contribution in [0.5, 0.6) is 11.7 Å². The predicted molar refractivity (Wildman–Crippen MR) is 83.4 cm³/mol. The molecule has 2 aromatic rings. The minimum atomic E-state index is -0.320. The number of likely N-dealkylation sites (tertiary alicyclic amines) is 1. The molecule has 2 heterocycles. The molecule has 6 heteroatoms. The van der Waals surface area contributed by atoms with Gasteiger partial charge in [-0.15, -0.1) is 0 Å². The van der Waals surface area contributed by atoms with Gasteiger partial charge in [0.15, 0.2) is 5.76 Å². The van der Waals surface area contributed by atoms with E-state index in [0.717, 1.165) is 13.0 Å². The second-order valence-electron chi connectivity index (χ2n) is 5.27.